The van der Waals surface area contributed by atoms with E-state index in [1.807, 2.05) is 43.5 Å². The standard InChI is InChI=1S/C23H24ClNO2S/c1-14-5-7-19(16(3)9-14)17(4)25-23(26)22-11-18(13-28-22)12-27-21-10-15(2)6-8-20(21)24/h5-11,13,17H,12H2,1-4H3,(H,25,26). The number of thiophene rings is 1. The molecule has 1 amide bonds. The fourth-order valence-electron chi connectivity index (χ4n) is 3.11. The molecule has 1 aromatic heterocycles. The van der Waals surface area contributed by atoms with E-state index >= 15 is 0 Å². The summed E-state index contributed by atoms with van der Waals surface area (Å²) in [6.07, 6.45) is 0. The van der Waals surface area contributed by atoms with E-state index in [4.69, 9.17) is 16.3 Å². The van der Waals surface area contributed by atoms with Crippen LogP contribution in [0.15, 0.2) is 47.8 Å². The van der Waals surface area contributed by atoms with E-state index in [1.54, 1.807) is 0 Å². The quantitative estimate of drug-likeness (QED) is 0.508. The summed E-state index contributed by atoms with van der Waals surface area (Å²) in [7, 11) is 0. The van der Waals surface area contributed by atoms with Gasteiger partial charge in [0.2, 0.25) is 0 Å². The minimum absolute atomic E-state index is 0.0546. The first-order valence-electron chi connectivity index (χ1n) is 9.18. The number of carbonyl (C=O) groups is 1. The zero-order chi connectivity index (χ0) is 20.3. The van der Waals surface area contributed by atoms with E-state index in [9.17, 15) is 4.79 Å². The van der Waals surface area contributed by atoms with Crippen LogP contribution in [0.1, 0.15) is 50.5 Å². The molecule has 146 valence electrons. The molecule has 0 aliphatic heterocycles. The van der Waals surface area contributed by atoms with Gasteiger partial charge >= 0.3 is 0 Å². The first-order chi connectivity index (χ1) is 13.3. The number of rotatable bonds is 6. The van der Waals surface area contributed by atoms with E-state index in [0.29, 0.717) is 22.3 Å². The lowest BCUT2D eigenvalue weighted by Gasteiger charge is -2.16. The van der Waals surface area contributed by atoms with E-state index in [2.05, 4.69) is 37.4 Å². The van der Waals surface area contributed by atoms with Crippen molar-refractivity contribution in [3.05, 3.63) is 85.6 Å². The summed E-state index contributed by atoms with van der Waals surface area (Å²) >= 11 is 7.59. The topological polar surface area (TPSA) is 38.3 Å². The second kappa shape index (κ2) is 8.80. The van der Waals surface area contributed by atoms with Gasteiger partial charge in [-0.15, -0.1) is 11.3 Å². The maximum Gasteiger partial charge on any atom is 0.261 e. The molecule has 5 heteroatoms. The molecule has 3 nitrogen and oxygen atoms in total. The molecule has 0 aliphatic rings. The number of amides is 1. The van der Waals surface area contributed by atoms with E-state index in [-0.39, 0.29) is 11.9 Å². The molecule has 0 radical (unpaired) electrons. The highest BCUT2D eigenvalue weighted by Crippen LogP contribution is 2.27. The molecular formula is C23H24ClNO2S. The average Bonchev–Trinajstić information content (AvgIpc) is 3.11. The van der Waals surface area contributed by atoms with Crippen molar-refractivity contribution in [1.29, 1.82) is 0 Å². The summed E-state index contributed by atoms with van der Waals surface area (Å²) in [6.45, 7) is 8.51. The minimum Gasteiger partial charge on any atom is -0.487 e. The highest BCUT2D eigenvalue weighted by Gasteiger charge is 2.15. The second-order valence-corrected chi connectivity index (χ2v) is 8.42. The van der Waals surface area contributed by atoms with Gasteiger partial charge in [0, 0.05) is 5.56 Å². The largest absolute Gasteiger partial charge is 0.487 e. The fourth-order valence-corrected chi connectivity index (χ4v) is 4.08. The Kier molecular flexibility index (Phi) is 6.42. The molecule has 28 heavy (non-hydrogen) atoms. The molecule has 0 spiro atoms. The number of hydrogen-bond donors (Lipinski definition) is 1. The lowest BCUT2D eigenvalue weighted by molar-refractivity contribution is 0.0944. The Hall–Kier alpha value is -2.30. The van der Waals surface area contributed by atoms with Gasteiger partial charge in [-0.1, -0.05) is 41.4 Å². The van der Waals surface area contributed by atoms with Crippen LogP contribution in [0.5, 0.6) is 5.75 Å². The Morgan fingerprint density at radius 3 is 2.57 bits per heavy atom. The predicted octanol–water partition coefficient (Wildman–Crippen LogP) is 6.40. The van der Waals surface area contributed by atoms with Crippen LogP contribution in [0.4, 0.5) is 0 Å². The van der Waals surface area contributed by atoms with Gasteiger partial charge in [0.25, 0.3) is 5.91 Å². The Bertz CT molecular complexity index is 996. The van der Waals surface area contributed by atoms with Crippen molar-refractivity contribution in [2.24, 2.45) is 0 Å². The van der Waals surface area contributed by atoms with Crippen molar-refractivity contribution in [3.8, 4) is 5.75 Å². The summed E-state index contributed by atoms with van der Waals surface area (Å²) in [5.41, 5.74) is 5.57. The third-order valence-corrected chi connectivity index (χ3v) is 5.89. The van der Waals surface area contributed by atoms with E-state index < -0.39 is 0 Å². The Labute approximate surface area is 175 Å². The molecule has 3 aromatic rings. The Morgan fingerprint density at radius 1 is 1.11 bits per heavy atom. The van der Waals surface area contributed by atoms with E-state index in [1.165, 1.54) is 22.5 Å². The van der Waals surface area contributed by atoms with Crippen LogP contribution < -0.4 is 10.1 Å². The summed E-state index contributed by atoms with van der Waals surface area (Å²) in [5.74, 6) is 0.583. The molecule has 1 atom stereocenters. The minimum atomic E-state index is -0.0719. The van der Waals surface area contributed by atoms with Gasteiger partial charge in [-0.2, -0.15) is 0 Å². The van der Waals surface area contributed by atoms with E-state index in [0.717, 1.165) is 16.7 Å². The normalized spacial score (nSPS) is 11.9. The molecule has 0 bridgehead atoms. The number of ether oxygens (including phenoxy) is 1. The van der Waals surface area contributed by atoms with Gasteiger partial charge in [-0.05, 0) is 68.0 Å². The van der Waals surface area contributed by atoms with Crippen molar-refractivity contribution in [3.63, 3.8) is 0 Å². The predicted molar refractivity (Wildman–Crippen MR) is 117 cm³/mol. The van der Waals surface area contributed by atoms with Gasteiger partial charge in [0.1, 0.15) is 12.4 Å². The van der Waals surface area contributed by atoms with Gasteiger partial charge in [0.05, 0.1) is 15.9 Å². The third-order valence-electron chi connectivity index (χ3n) is 4.60. The monoisotopic (exact) mass is 413 g/mol. The fraction of sp³-hybridized carbons (Fsp3) is 0.261. The van der Waals surface area contributed by atoms with Crippen molar-refractivity contribution >= 4 is 28.8 Å². The first-order valence-corrected chi connectivity index (χ1v) is 10.4. The number of benzene rings is 2. The number of hydrogen-bond acceptors (Lipinski definition) is 3. The highest BCUT2D eigenvalue weighted by atomic mass is 35.5. The van der Waals surface area contributed by atoms with Crippen LogP contribution in [0.25, 0.3) is 0 Å². The molecular weight excluding hydrogens is 390 g/mol. The van der Waals surface area contributed by atoms with Crippen LogP contribution in [0, 0.1) is 20.8 Å². The number of nitrogens with one attached hydrogen (secondary N) is 1. The lowest BCUT2D eigenvalue weighted by atomic mass is 10.0. The lowest BCUT2D eigenvalue weighted by Crippen LogP contribution is -2.26. The average molecular weight is 414 g/mol. The van der Waals surface area contributed by atoms with Crippen LogP contribution in [0.2, 0.25) is 5.02 Å². The maximum absolute atomic E-state index is 12.6. The van der Waals surface area contributed by atoms with Gasteiger partial charge in [-0.25, -0.2) is 0 Å². The zero-order valence-electron chi connectivity index (χ0n) is 16.5. The number of halogens is 1. The molecule has 2 aromatic carbocycles. The Morgan fingerprint density at radius 2 is 1.82 bits per heavy atom. The van der Waals surface area contributed by atoms with Gasteiger partial charge in [0.15, 0.2) is 0 Å². The molecule has 0 fully saturated rings. The smallest absolute Gasteiger partial charge is 0.261 e. The molecule has 1 unspecified atom stereocenters. The zero-order valence-corrected chi connectivity index (χ0v) is 18.1. The summed E-state index contributed by atoms with van der Waals surface area (Å²) in [6, 6.07) is 13.8. The number of carbonyl (C=O) groups excluding carboxylic acids is 1. The Balaban J connectivity index is 1.62. The van der Waals surface area contributed by atoms with Crippen LogP contribution in [-0.4, -0.2) is 5.91 Å². The van der Waals surface area contributed by atoms with Crippen molar-refractivity contribution in [2.45, 2.75) is 40.3 Å². The van der Waals surface area contributed by atoms with Crippen molar-refractivity contribution in [2.75, 3.05) is 0 Å². The van der Waals surface area contributed by atoms with Gasteiger partial charge in [-0.3, -0.25) is 4.79 Å². The maximum atomic E-state index is 12.6. The highest BCUT2D eigenvalue weighted by molar-refractivity contribution is 7.12. The molecule has 0 saturated heterocycles. The summed E-state index contributed by atoms with van der Waals surface area (Å²) in [5, 5.41) is 5.62. The molecule has 0 saturated carbocycles. The van der Waals surface area contributed by atoms with Crippen LogP contribution in [0.3, 0.4) is 0 Å². The van der Waals surface area contributed by atoms with Crippen LogP contribution in [-0.2, 0) is 6.61 Å². The molecule has 1 N–H and O–H groups in total. The summed E-state index contributed by atoms with van der Waals surface area (Å²) < 4.78 is 5.82. The van der Waals surface area contributed by atoms with Crippen molar-refractivity contribution in [1.82, 2.24) is 5.32 Å². The molecule has 0 aliphatic carbocycles. The second-order valence-electron chi connectivity index (χ2n) is 7.10. The first kappa shape index (κ1) is 20.4. The SMILES string of the molecule is Cc1ccc(C(C)NC(=O)c2cc(COc3cc(C)ccc3Cl)cs2)c(C)c1. The molecule has 1 heterocycles. The third kappa shape index (κ3) is 4.94. The van der Waals surface area contributed by atoms with Crippen LogP contribution >= 0.6 is 22.9 Å². The summed E-state index contributed by atoms with van der Waals surface area (Å²) in [4.78, 5) is 13.3. The van der Waals surface area contributed by atoms with Crippen molar-refractivity contribution < 1.29 is 9.53 Å². The number of aryl methyl sites for hydroxylation is 3. The molecule has 3 rings (SSSR count). The van der Waals surface area contributed by atoms with Gasteiger partial charge < -0.3 is 10.1 Å².